The Kier molecular flexibility index (Phi) is 3.87. The van der Waals surface area contributed by atoms with E-state index in [0.717, 1.165) is 17.8 Å². The number of benzene rings is 1. The molecule has 21 heavy (non-hydrogen) atoms. The number of likely N-dealkylation sites (tertiary alicyclic amines) is 1. The maximum atomic E-state index is 6.07. The first-order valence-electron chi connectivity index (χ1n) is 8.58. The molecule has 0 radical (unpaired) electrons. The number of ether oxygens (including phenoxy) is 1. The van der Waals surface area contributed by atoms with Gasteiger partial charge in [0.15, 0.2) is 0 Å². The predicted octanol–water partition coefficient (Wildman–Crippen LogP) is 2.77. The molecule has 1 aliphatic carbocycles. The van der Waals surface area contributed by atoms with E-state index in [0.29, 0.717) is 6.10 Å². The molecule has 2 atom stereocenters. The first-order valence-corrected chi connectivity index (χ1v) is 8.58. The summed E-state index contributed by atoms with van der Waals surface area (Å²) in [4.78, 5) is 5.37. The molecule has 3 fully saturated rings. The minimum Gasteiger partial charge on any atom is -0.490 e. The second-order valence-corrected chi connectivity index (χ2v) is 6.87. The van der Waals surface area contributed by atoms with Crippen molar-refractivity contribution in [2.24, 2.45) is 0 Å². The quantitative estimate of drug-likeness (QED) is 0.774. The third-order valence-electron chi connectivity index (χ3n) is 5.35. The number of para-hydroxylation sites is 1. The Morgan fingerprint density at radius 1 is 1.00 bits per heavy atom. The molecule has 2 unspecified atom stereocenters. The van der Waals surface area contributed by atoms with Gasteiger partial charge in [0.2, 0.25) is 0 Å². The number of hydrogen-bond donors (Lipinski definition) is 0. The molecule has 2 heterocycles. The van der Waals surface area contributed by atoms with E-state index in [9.17, 15) is 0 Å². The summed E-state index contributed by atoms with van der Waals surface area (Å²) < 4.78 is 6.07. The highest BCUT2D eigenvalue weighted by molar-refractivity contribution is 5.21. The smallest absolute Gasteiger partial charge is 0.119 e. The Labute approximate surface area is 127 Å². The first-order chi connectivity index (χ1) is 10.4. The molecule has 4 rings (SSSR count). The summed E-state index contributed by atoms with van der Waals surface area (Å²) in [7, 11) is 0. The summed E-state index contributed by atoms with van der Waals surface area (Å²) in [6, 6.07) is 12.1. The van der Waals surface area contributed by atoms with E-state index in [1.165, 1.54) is 58.3 Å². The fraction of sp³-hybridized carbons (Fsp3) is 0.667. The van der Waals surface area contributed by atoms with Gasteiger partial charge in [-0.15, -0.1) is 0 Å². The molecular weight excluding hydrogens is 260 g/mol. The van der Waals surface area contributed by atoms with Gasteiger partial charge < -0.3 is 9.64 Å². The molecule has 2 saturated heterocycles. The molecule has 3 aliphatic rings. The van der Waals surface area contributed by atoms with Gasteiger partial charge in [-0.05, 0) is 37.8 Å². The molecule has 3 heteroatoms. The van der Waals surface area contributed by atoms with E-state index in [4.69, 9.17) is 4.74 Å². The second-order valence-electron chi connectivity index (χ2n) is 6.87. The van der Waals surface area contributed by atoms with E-state index < -0.39 is 0 Å². The maximum absolute atomic E-state index is 6.07. The largest absolute Gasteiger partial charge is 0.490 e. The van der Waals surface area contributed by atoms with Crippen LogP contribution >= 0.6 is 0 Å². The fourth-order valence-corrected chi connectivity index (χ4v) is 3.72. The highest BCUT2D eigenvalue weighted by Gasteiger charge is 2.42. The molecule has 3 nitrogen and oxygen atoms in total. The molecule has 0 spiro atoms. The van der Waals surface area contributed by atoms with E-state index in [-0.39, 0.29) is 0 Å². The lowest BCUT2D eigenvalue weighted by Gasteiger charge is -2.33. The number of rotatable bonds is 5. The van der Waals surface area contributed by atoms with E-state index in [1.807, 2.05) is 18.2 Å². The standard InChI is InChI=1S/C18H26N2O/c1-2-7-17(8-3-1)21-18-9-11-19(12-10-18)13-16-14-20(16)15-5-4-6-15/h1-3,7-8,15-16,18H,4-6,9-14H2. The van der Waals surface area contributed by atoms with Gasteiger partial charge >= 0.3 is 0 Å². The van der Waals surface area contributed by atoms with Crippen molar-refractivity contribution in [2.45, 2.75) is 50.3 Å². The summed E-state index contributed by atoms with van der Waals surface area (Å²) in [5.74, 6) is 1.02. The molecule has 0 amide bonds. The van der Waals surface area contributed by atoms with Gasteiger partial charge in [-0.25, -0.2) is 0 Å². The normalized spacial score (nSPS) is 30.9. The lowest BCUT2D eigenvalue weighted by molar-refractivity contribution is 0.0966. The zero-order chi connectivity index (χ0) is 14.1. The van der Waals surface area contributed by atoms with Gasteiger partial charge in [-0.1, -0.05) is 24.6 Å². The molecule has 114 valence electrons. The third-order valence-corrected chi connectivity index (χ3v) is 5.35. The summed E-state index contributed by atoms with van der Waals surface area (Å²) in [5, 5.41) is 0. The summed E-state index contributed by atoms with van der Waals surface area (Å²) >= 11 is 0. The van der Waals surface area contributed by atoms with Crippen molar-refractivity contribution in [1.82, 2.24) is 9.80 Å². The first kappa shape index (κ1) is 13.6. The van der Waals surface area contributed by atoms with Crippen LogP contribution < -0.4 is 4.74 Å². The highest BCUT2D eigenvalue weighted by atomic mass is 16.5. The monoisotopic (exact) mass is 286 g/mol. The summed E-state index contributed by atoms with van der Waals surface area (Å²) in [6.45, 7) is 5.04. The van der Waals surface area contributed by atoms with Crippen molar-refractivity contribution in [2.75, 3.05) is 26.2 Å². The average Bonchev–Trinajstić information content (AvgIpc) is 3.19. The molecule has 0 aromatic heterocycles. The van der Waals surface area contributed by atoms with Crippen LogP contribution in [0.2, 0.25) is 0 Å². The van der Waals surface area contributed by atoms with Crippen molar-refractivity contribution < 1.29 is 4.74 Å². The molecular formula is C18H26N2O. The fourth-order valence-electron chi connectivity index (χ4n) is 3.72. The van der Waals surface area contributed by atoms with Crippen LogP contribution in [0.15, 0.2) is 30.3 Å². The topological polar surface area (TPSA) is 15.5 Å². The Morgan fingerprint density at radius 2 is 1.76 bits per heavy atom. The summed E-state index contributed by atoms with van der Waals surface area (Å²) in [5.41, 5.74) is 0. The van der Waals surface area contributed by atoms with Crippen LogP contribution in [0.1, 0.15) is 32.1 Å². The van der Waals surface area contributed by atoms with Crippen LogP contribution in [0.5, 0.6) is 5.75 Å². The Bertz CT molecular complexity index is 452. The average molecular weight is 286 g/mol. The van der Waals surface area contributed by atoms with Gasteiger partial charge in [-0.3, -0.25) is 4.90 Å². The Hall–Kier alpha value is -1.06. The predicted molar refractivity (Wildman–Crippen MR) is 84.7 cm³/mol. The molecule has 0 bridgehead atoms. The van der Waals surface area contributed by atoms with Gasteiger partial charge in [0.05, 0.1) is 0 Å². The van der Waals surface area contributed by atoms with Crippen molar-refractivity contribution in [1.29, 1.82) is 0 Å². The van der Waals surface area contributed by atoms with Crippen molar-refractivity contribution >= 4 is 0 Å². The van der Waals surface area contributed by atoms with E-state index >= 15 is 0 Å². The summed E-state index contributed by atoms with van der Waals surface area (Å²) in [6.07, 6.45) is 7.10. The number of piperidine rings is 1. The van der Waals surface area contributed by atoms with E-state index in [1.54, 1.807) is 0 Å². The van der Waals surface area contributed by atoms with Gasteiger partial charge in [-0.2, -0.15) is 0 Å². The van der Waals surface area contributed by atoms with Crippen LogP contribution in [0.3, 0.4) is 0 Å². The Balaban J connectivity index is 1.19. The zero-order valence-electron chi connectivity index (χ0n) is 12.8. The van der Waals surface area contributed by atoms with Gasteiger partial charge in [0.25, 0.3) is 0 Å². The Morgan fingerprint density at radius 3 is 2.43 bits per heavy atom. The third kappa shape index (κ3) is 3.24. The molecule has 1 aromatic rings. The van der Waals surface area contributed by atoms with E-state index in [2.05, 4.69) is 21.9 Å². The van der Waals surface area contributed by atoms with Crippen molar-refractivity contribution in [3.63, 3.8) is 0 Å². The highest BCUT2D eigenvalue weighted by Crippen LogP contribution is 2.34. The van der Waals surface area contributed by atoms with Crippen LogP contribution in [-0.2, 0) is 0 Å². The van der Waals surface area contributed by atoms with Gasteiger partial charge in [0.1, 0.15) is 11.9 Å². The minimum atomic E-state index is 0.408. The second kappa shape index (κ2) is 5.98. The van der Waals surface area contributed by atoms with Crippen LogP contribution in [0, 0.1) is 0 Å². The maximum Gasteiger partial charge on any atom is 0.119 e. The van der Waals surface area contributed by atoms with Crippen molar-refractivity contribution in [3.8, 4) is 5.75 Å². The minimum absolute atomic E-state index is 0.408. The van der Waals surface area contributed by atoms with Gasteiger partial charge in [0, 0.05) is 38.3 Å². The molecule has 0 N–H and O–H groups in total. The molecule has 1 aromatic carbocycles. The molecule has 2 aliphatic heterocycles. The molecule has 1 saturated carbocycles. The SMILES string of the molecule is c1ccc(OC2CCN(CC3CN3C3CCC3)CC2)cc1. The van der Waals surface area contributed by atoms with Crippen molar-refractivity contribution in [3.05, 3.63) is 30.3 Å². The number of hydrogen-bond acceptors (Lipinski definition) is 3. The lowest BCUT2D eigenvalue weighted by atomic mass is 9.93. The lowest BCUT2D eigenvalue weighted by Crippen LogP contribution is -2.41. The zero-order valence-corrected chi connectivity index (χ0v) is 12.8. The van der Waals surface area contributed by atoms with Crippen LogP contribution in [0.4, 0.5) is 0 Å². The van der Waals surface area contributed by atoms with Crippen LogP contribution in [0.25, 0.3) is 0 Å². The van der Waals surface area contributed by atoms with Crippen LogP contribution in [-0.4, -0.2) is 54.2 Å². The number of nitrogens with zero attached hydrogens (tertiary/aromatic N) is 2.